The molecule has 0 radical (unpaired) electrons. The molecule has 1 aromatic carbocycles. The van der Waals surface area contributed by atoms with Gasteiger partial charge in [-0.05, 0) is 63.1 Å². The Hall–Kier alpha value is -1.88. The van der Waals surface area contributed by atoms with Gasteiger partial charge < -0.3 is 15.5 Å². The zero-order chi connectivity index (χ0) is 19.0. The standard InChI is InChI=1S/C22H31N3O2/c1-15-7-9-17(10-8-15)23-21(27)19-13-25(2)14-22(19)12-11-16-5-3-4-6-18(16)20(26)24-22/h3-6,15,17,19H,7-14H2,1-2H3,(H,23,27)(H,24,26)/t15?,17?,19-,22+/m0/s1. The molecular formula is C22H31N3O2. The van der Waals surface area contributed by atoms with Crippen LogP contribution < -0.4 is 10.6 Å². The van der Waals surface area contributed by atoms with Crippen LogP contribution in [0.15, 0.2) is 24.3 Å². The van der Waals surface area contributed by atoms with E-state index in [9.17, 15) is 9.59 Å². The highest BCUT2D eigenvalue weighted by molar-refractivity contribution is 5.97. The fourth-order valence-corrected chi connectivity index (χ4v) is 5.24. The number of hydrogen-bond acceptors (Lipinski definition) is 3. The number of likely N-dealkylation sites (N-methyl/N-ethyl adjacent to an activating group) is 1. The molecule has 0 bridgehead atoms. The molecule has 2 fully saturated rings. The summed E-state index contributed by atoms with van der Waals surface area (Å²) >= 11 is 0. The van der Waals surface area contributed by atoms with Crippen LogP contribution in [0.1, 0.15) is 54.9 Å². The molecule has 27 heavy (non-hydrogen) atoms. The molecule has 2 aliphatic heterocycles. The maximum absolute atomic E-state index is 13.2. The molecule has 2 amide bonds. The molecule has 1 saturated heterocycles. The summed E-state index contributed by atoms with van der Waals surface area (Å²) in [5, 5.41) is 6.59. The molecule has 5 heteroatoms. The monoisotopic (exact) mass is 369 g/mol. The third-order valence-electron chi connectivity index (χ3n) is 6.86. The minimum atomic E-state index is -0.475. The normalized spacial score (nSPS) is 34.0. The highest BCUT2D eigenvalue weighted by atomic mass is 16.2. The molecule has 1 aromatic rings. The van der Waals surface area contributed by atoms with E-state index < -0.39 is 5.54 Å². The first-order chi connectivity index (χ1) is 13.0. The van der Waals surface area contributed by atoms with Gasteiger partial charge in [0.25, 0.3) is 5.91 Å². The second-order valence-corrected chi connectivity index (χ2v) is 8.98. The molecule has 2 heterocycles. The van der Waals surface area contributed by atoms with Crippen molar-refractivity contribution in [3.8, 4) is 0 Å². The molecule has 4 rings (SSSR count). The minimum absolute atomic E-state index is 0.0392. The maximum Gasteiger partial charge on any atom is 0.252 e. The molecule has 1 aliphatic carbocycles. The first-order valence-electron chi connectivity index (χ1n) is 10.4. The number of rotatable bonds is 2. The van der Waals surface area contributed by atoms with Crippen LogP contribution in [0.2, 0.25) is 0 Å². The first-order valence-corrected chi connectivity index (χ1v) is 10.4. The third-order valence-corrected chi connectivity index (χ3v) is 6.86. The van der Waals surface area contributed by atoms with Crippen LogP contribution in [0.5, 0.6) is 0 Å². The van der Waals surface area contributed by atoms with Gasteiger partial charge in [-0.2, -0.15) is 0 Å². The van der Waals surface area contributed by atoms with Crippen LogP contribution in [-0.2, 0) is 11.2 Å². The second-order valence-electron chi connectivity index (χ2n) is 8.98. The molecule has 2 N–H and O–H groups in total. The van der Waals surface area contributed by atoms with E-state index in [4.69, 9.17) is 0 Å². The zero-order valence-corrected chi connectivity index (χ0v) is 16.5. The Kier molecular flexibility index (Phi) is 4.97. The fraction of sp³-hybridized carbons (Fsp3) is 0.636. The van der Waals surface area contributed by atoms with Gasteiger partial charge in [0.1, 0.15) is 0 Å². The van der Waals surface area contributed by atoms with Crippen molar-refractivity contribution in [1.82, 2.24) is 15.5 Å². The minimum Gasteiger partial charge on any atom is -0.353 e. The van der Waals surface area contributed by atoms with Crippen LogP contribution >= 0.6 is 0 Å². The average molecular weight is 370 g/mol. The van der Waals surface area contributed by atoms with Crippen molar-refractivity contribution in [1.29, 1.82) is 0 Å². The summed E-state index contributed by atoms with van der Waals surface area (Å²) in [4.78, 5) is 28.3. The van der Waals surface area contributed by atoms with Gasteiger partial charge in [-0.25, -0.2) is 0 Å². The van der Waals surface area contributed by atoms with Gasteiger partial charge >= 0.3 is 0 Å². The summed E-state index contributed by atoms with van der Waals surface area (Å²) in [5.41, 5.74) is 1.36. The number of aryl methyl sites for hydroxylation is 1. The third kappa shape index (κ3) is 3.62. The predicted octanol–water partition coefficient (Wildman–Crippen LogP) is 2.36. The Balaban J connectivity index is 1.52. The predicted molar refractivity (Wildman–Crippen MR) is 106 cm³/mol. The van der Waals surface area contributed by atoms with E-state index in [2.05, 4.69) is 22.5 Å². The topological polar surface area (TPSA) is 61.4 Å². The molecule has 1 saturated carbocycles. The van der Waals surface area contributed by atoms with Crippen molar-refractivity contribution in [2.75, 3.05) is 20.1 Å². The Morgan fingerprint density at radius 3 is 2.74 bits per heavy atom. The molecule has 146 valence electrons. The number of nitrogens with one attached hydrogen (secondary N) is 2. The van der Waals surface area contributed by atoms with Crippen LogP contribution in [0.3, 0.4) is 0 Å². The van der Waals surface area contributed by atoms with Crippen LogP contribution in [0.4, 0.5) is 0 Å². The SMILES string of the molecule is CC1CCC(NC(=O)[C@@H]2CN(C)C[C@]23CCc2ccccc2C(=O)N3)CC1. The summed E-state index contributed by atoms with van der Waals surface area (Å²) in [7, 11) is 2.04. The number of nitrogens with zero attached hydrogens (tertiary/aromatic N) is 1. The van der Waals surface area contributed by atoms with Gasteiger partial charge in [0, 0.05) is 24.7 Å². The van der Waals surface area contributed by atoms with E-state index in [-0.39, 0.29) is 23.8 Å². The fourth-order valence-electron chi connectivity index (χ4n) is 5.24. The number of carbonyl (C=O) groups is 2. The van der Waals surface area contributed by atoms with Crippen molar-refractivity contribution in [3.05, 3.63) is 35.4 Å². The second kappa shape index (κ2) is 7.27. The Labute approximate surface area is 161 Å². The van der Waals surface area contributed by atoms with Gasteiger partial charge in [0.05, 0.1) is 11.5 Å². The number of benzene rings is 1. The molecule has 5 nitrogen and oxygen atoms in total. The molecule has 0 aromatic heterocycles. The van der Waals surface area contributed by atoms with Crippen molar-refractivity contribution in [2.45, 2.75) is 57.0 Å². The molecular weight excluding hydrogens is 338 g/mol. The molecule has 0 unspecified atom stereocenters. The molecule has 3 aliphatic rings. The maximum atomic E-state index is 13.2. The van der Waals surface area contributed by atoms with Crippen molar-refractivity contribution < 1.29 is 9.59 Å². The van der Waals surface area contributed by atoms with Gasteiger partial charge in [-0.15, -0.1) is 0 Å². The summed E-state index contributed by atoms with van der Waals surface area (Å²) < 4.78 is 0. The van der Waals surface area contributed by atoms with Crippen molar-refractivity contribution in [2.24, 2.45) is 11.8 Å². The number of likely N-dealkylation sites (tertiary alicyclic amines) is 1. The van der Waals surface area contributed by atoms with Crippen LogP contribution in [-0.4, -0.2) is 48.4 Å². The lowest BCUT2D eigenvalue weighted by molar-refractivity contribution is -0.127. The first kappa shape index (κ1) is 18.5. The smallest absolute Gasteiger partial charge is 0.252 e. The Bertz CT molecular complexity index is 726. The number of amides is 2. The lowest BCUT2D eigenvalue weighted by Crippen LogP contribution is -2.58. The highest BCUT2D eigenvalue weighted by Gasteiger charge is 2.51. The van der Waals surface area contributed by atoms with Crippen molar-refractivity contribution in [3.63, 3.8) is 0 Å². The van der Waals surface area contributed by atoms with E-state index in [1.807, 2.05) is 31.3 Å². The molecule has 2 atom stereocenters. The van der Waals surface area contributed by atoms with Gasteiger partial charge in [-0.1, -0.05) is 25.1 Å². The molecule has 1 spiro atoms. The van der Waals surface area contributed by atoms with Gasteiger partial charge in [-0.3, -0.25) is 9.59 Å². The van der Waals surface area contributed by atoms with E-state index in [1.165, 1.54) is 12.8 Å². The van der Waals surface area contributed by atoms with Crippen LogP contribution in [0, 0.1) is 11.8 Å². The van der Waals surface area contributed by atoms with Crippen LogP contribution in [0.25, 0.3) is 0 Å². The highest BCUT2D eigenvalue weighted by Crippen LogP contribution is 2.35. The van der Waals surface area contributed by atoms with Crippen molar-refractivity contribution >= 4 is 11.8 Å². The number of carbonyl (C=O) groups excluding carboxylic acids is 2. The quantitative estimate of drug-likeness (QED) is 0.841. The zero-order valence-electron chi connectivity index (χ0n) is 16.5. The van der Waals surface area contributed by atoms with E-state index >= 15 is 0 Å². The van der Waals surface area contributed by atoms with Gasteiger partial charge in [0.15, 0.2) is 0 Å². The number of fused-ring (bicyclic) bond motifs is 1. The Morgan fingerprint density at radius 2 is 1.96 bits per heavy atom. The number of hydrogen-bond donors (Lipinski definition) is 2. The van der Waals surface area contributed by atoms with E-state index in [0.29, 0.717) is 6.54 Å². The van der Waals surface area contributed by atoms with E-state index in [0.717, 1.165) is 49.3 Å². The lowest BCUT2D eigenvalue weighted by Gasteiger charge is -2.35. The Morgan fingerprint density at radius 1 is 1.22 bits per heavy atom. The average Bonchev–Trinajstić information content (AvgIpc) is 2.90. The summed E-state index contributed by atoms with van der Waals surface area (Å²) in [6.07, 6.45) is 6.15. The van der Waals surface area contributed by atoms with E-state index in [1.54, 1.807) is 0 Å². The van der Waals surface area contributed by atoms with Gasteiger partial charge in [0.2, 0.25) is 5.91 Å². The summed E-state index contributed by atoms with van der Waals surface area (Å²) in [5.74, 6) is 0.648. The summed E-state index contributed by atoms with van der Waals surface area (Å²) in [6, 6.07) is 8.10. The summed E-state index contributed by atoms with van der Waals surface area (Å²) in [6.45, 7) is 3.72. The largest absolute Gasteiger partial charge is 0.353 e. The lowest BCUT2D eigenvalue weighted by atomic mass is 9.81.